The van der Waals surface area contributed by atoms with Gasteiger partial charge >= 0.3 is 0 Å². The third-order valence-corrected chi connectivity index (χ3v) is 4.33. The highest BCUT2D eigenvalue weighted by molar-refractivity contribution is 9.10. The number of carbonyl (C=O) groups excluding carboxylic acids is 1. The minimum Gasteiger partial charge on any atom is -0.325 e. The van der Waals surface area contributed by atoms with E-state index in [1.54, 1.807) is 0 Å². The average Bonchev–Trinajstić information content (AvgIpc) is 2.51. The molecule has 2 aromatic rings. The van der Waals surface area contributed by atoms with E-state index >= 15 is 0 Å². The fraction of sp³-hybridized carbons (Fsp3) is 0.188. The Morgan fingerprint density at radius 2 is 2.04 bits per heavy atom. The van der Waals surface area contributed by atoms with Crippen molar-refractivity contribution in [1.29, 1.82) is 0 Å². The molecule has 0 aliphatic rings. The highest BCUT2D eigenvalue weighted by atomic mass is 79.9. The van der Waals surface area contributed by atoms with Gasteiger partial charge in [-0.2, -0.15) is 0 Å². The average molecular weight is 413 g/mol. The number of hydrogen-bond donors (Lipinski definition) is 1. The lowest BCUT2D eigenvalue weighted by molar-refractivity contribution is -0.384. The smallest absolute Gasteiger partial charge is 0.289 e. The van der Waals surface area contributed by atoms with Gasteiger partial charge in [-0.15, -0.1) is 0 Å². The van der Waals surface area contributed by atoms with E-state index < -0.39 is 4.92 Å². The molecule has 1 N–H and O–H groups in total. The highest BCUT2D eigenvalue weighted by Crippen LogP contribution is 2.27. The van der Waals surface area contributed by atoms with Gasteiger partial charge < -0.3 is 5.32 Å². The Morgan fingerprint density at radius 1 is 1.33 bits per heavy atom. The predicted octanol–water partition coefficient (Wildman–Crippen LogP) is 4.08. The maximum atomic E-state index is 12.1. The van der Waals surface area contributed by atoms with Crippen molar-refractivity contribution >= 4 is 44.8 Å². The van der Waals surface area contributed by atoms with Gasteiger partial charge in [0, 0.05) is 22.8 Å². The molecule has 2 rings (SSSR count). The number of nitro benzene ring substituents is 1. The normalized spacial score (nSPS) is 10.7. The maximum Gasteiger partial charge on any atom is 0.289 e. The van der Waals surface area contributed by atoms with E-state index in [9.17, 15) is 14.9 Å². The Balaban J connectivity index is 1.97. The summed E-state index contributed by atoms with van der Waals surface area (Å²) in [4.78, 5) is 24.2. The van der Waals surface area contributed by atoms with Crippen LogP contribution in [0, 0.1) is 10.1 Å². The van der Waals surface area contributed by atoms with Crippen molar-refractivity contribution in [3.63, 3.8) is 0 Å². The molecule has 8 heteroatoms. The van der Waals surface area contributed by atoms with E-state index in [2.05, 4.69) is 21.2 Å². The monoisotopic (exact) mass is 411 g/mol. The van der Waals surface area contributed by atoms with Crippen LogP contribution >= 0.6 is 27.5 Å². The lowest BCUT2D eigenvalue weighted by Gasteiger charge is -2.17. The maximum absolute atomic E-state index is 12.1. The summed E-state index contributed by atoms with van der Waals surface area (Å²) in [5, 5.41) is 13.5. The fourth-order valence-corrected chi connectivity index (χ4v) is 2.75. The third kappa shape index (κ3) is 5.02. The lowest BCUT2D eigenvalue weighted by Crippen LogP contribution is -2.29. The molecule has 1 amide bonds. The first-order valence-electron chi connectivity index (χ1n) is 7.02. The van der Waals surface area contributed by atoms with Crippen LogP contribution in [0.4, 0.5) is 11.4 Å². The molecule has 0 fully saturated rings. The summed E-state index contributed by atoms with van der Waals surface area (Å²) in [6.45, 7) is 0.743. The van der Waals surface area contributed by atoms with Crippen molar-refractivity contribution in [3.8, 4) is 0 Å². The standard InChI is InChI=1S/C16H15BrClN3O3/c1-20(9-11-4-2-3-5-13(11)17)10-16(22)19-12-6-7-14(18)15(8-12)21(23)24/h2-8H,9-10H2,1H3,(H,19,22). The van der Waals surface area contributed by atoms with Crippen LogP contribution < -0.4 is 5.32 Å². The second-order valence-corrected chi connectivity index (χ2v) is 6.50. The first-order chi connectivity index (χ1) is 11.4. The van der Waals surface area contributed by atoms with E-state index in [1.165, 1.54) is 18.2 Å². The number of nitrogens with zero attached hydrogens (tertiary/aromatic N) is 2. The molecule has 6 nitrogen and oxygen atoms in total. The van der Waals surface area contributed by atoms with Crippen LogP contribution in [0.25, 0.3) is 0 Å². The highest BCUT2D eigenvalue weighted by Gasteiger charge is 2.15. The Bertz CT molecular complexity index is 770. The second kappa shape index (κ2) is 8.23. The number of anilines is 1. The molecule has 0 atom stereocenters. The number of nitro groups is 1. The summed E-state index contributed by atoms with van der Waals surface area (Å²) in [7, 11) is 1.82. The van der Waals surface area contributed by atoms with Gasteiger partial charge in [0.05, 0.1) is 11.5 Å². The molecule has 0 aromatic heterocycles. The third-order valence-electron chi connectivity index (χ3n) is 3.24. The molecule has 0 bridgehead atoms. The van der Waals surface area contributed by atoms with Crippen LogP contribution in [0.15, 0.2) is 46.9 Å². The molecule has 0 heterocycles. The van der Waals surface area contributed by atoms with Crippen molar-refractivity contribution in [2.75, 3.05) is 18.9 Å². The van der Waals surface area contributed by atoms with Crippen LogP contribution in [0.5, 0.6) is 0 Å². The molecular formula is C16H15BrClN3O3. The summed E-state index contributed by atoms with van der Waals surface area (Å²) in [6, 6.07) is 11.9. The lowest BCUT2D eigenvalue weighted by atomic mass is 10.2. The first-order valence-corrected chi connectivity index (χ1v) is 8.19. The van der Waals surface area contributed by atoms with E-state index in [4.69, 9.17) is 11.6 Å². The van der Waals surface area contributed by atoms with Gasteiger partial charge in [-0.3, -0.25) is 19.8 Å². The van der Waals surface area contributed by atoms with E-state index in [-0.39, 0.29) is 23.2 Å². The van der Waals surface area contributed by atoms with Crippen LogP contribution in [0.3, 0.4) is 0 Å². The van der Waals surface area contributed by atoms with E-state index in [1.807, 2.05) is 36.2 Å². The Labute approximate surface area is 152 Å². The molecule has 0 unspecified atom stereocenters. The number of likely N-dealkylation sites (N-methyl/N-ethyl adjacent to an activating group) is 1. The van der Waals surface area contributed by atoms with Crippen LogP contribution in [0.1, 0.15) is 5.56 Å². The Kier molecular flexibility index (Phi) is 6.30. The van der Waals surface area contributed by atoms with E-state index in [0.717, 1.165) is 10.0 Å². The van der Waals surface area contributed by atoms with Gasteiger partial charge in [-0.1, -0.05) is 45.7 Å². The summed E-state index contributed by atoms with van der Waals surface area (Å²) in [5.41, 5.74) is 1.16. The van der Waals surface area contributed by atoms with E-state index in [0.29, 0.717) is 12.2 Å². The molecule has 0 saturated heterocycles. The Hall–Kier alpha value is -1.96. The summed E-state index contributed by atoms with van der Waals surface area (Å²) >= 11 is 9.22. The van der Waals surface area contributed by atoms with Crippen molar-refractivity contribution in [2.45, 2.75) is 6.54 Å². The number of hydrogen-bond acceptors (Lipinski definition) is 4. The zero-order chi connectivity index (χ0) is 17.7. The van der Waals surface area contributed by atoms with Gasteiger partial charge in [0.15, 0.2) is 0 Å². The van der Waals surface area contributed by atoms with Crippen LogP contribution in [-0.4, -0.2) is 29.3 Å². The number of nitrogens with one attached hydrogen (secondary N) is 1. The van der Waals surface area contributed by atoms with Crippen LogP contribution in [0.2, 0.25) is 5.02 Å². The molecule has 126 valence electrons. The number of halogens is 2. The fourth-order valence-electron chi connectivity index (χ4n) is 2.15. The molecular weight excluding hydrogens is 398 g/mol. The summed E-state index contributed by atoms with van der Waals surface area (Å²) in [6.07, 6.45) is 0. The minimum absolute atomic E-state index is 0.0315. The zero-order valence-electron chi connectivity index (χ0n) is 12.8. The molecule has 0 radical (unpaired) electrons. The number of benzene rings is 2. The first kappa shape index (κ1) is 18.4. The molecule has 0 spiro atoms. The van der Waals surface area contributed by atoms with Gasteiger partial charge in [0.1, 0.15) is 5.02 Å². The Morgan fingerprint density at radius 3 is 2.71 bits per heavy atom. The van der Waals surface area contributed by atoms with Gasteiger partial charge in [-0.25, -0.2) is 0 Å². The van der Waals surface area contributed by atoms with Crippen molar-refractivity contribution in [1.82, 2.24) is 4.90 Å². The van der Waals surface area contributed by atoms with Gasteiger partial charge in [0.2, 0.25) is 5.91 Å². The number of carbonyl (C=O) groups is 1. The van der Waals surface area contributed by atoms with Crippen molar-refractivity contribution < 1.29 is 9.72 Å². The molecule has 0 saturated carbocycles. The minimum atomic E-state index is -0.586. The second-order valence-electron chi connectivity index (χ2n) is 5.24. The molecule has 2 aromatic carbocycles. The predicted molar refractivity (Wildman–Crippen MR) is 97.2 cm³/mol. The summed E-state index contributed by atoms with van der Waals surface area (Å²) in [5.74, 6) is -0.263. The largest absolute Gasteiger partial charge is 0.325 e. The van der Waals surface area contributed by atoms with Gasteiger partial charge in [-0.05, 0) is 30.8 Å². The molecule has 24 heavy (non-hydrogen) atoms. The molecule has 0 aliphatic carbocycles. The summed E-state index contributed by atoms with van der Waals surface area (Å²) < 4.78 is 0.977. The van der Waals surface area contributed by atoms with Crippen molar-refractivity contribution in [2.24, 2.45) is 0 Å². The zero-order valence-corrected chi connectivity index (χ0v) is 15.2. The molecule has 0 aliphatic heterocycles. The number of rotatable bonds is 6. The SMILES string of the molecule is CN(CC(=O)Nc1ccc(Cl)c([N+](=O)[O-])c1)Cc1ccccc1Br. The number of amides is 1. The van der Waals surface area contributed by atoms with Crippen LogP contribution in [-0.2, 0) is 11.3 Å². The van der Waals surface area contributed by atoms with Crippen molar-refractivity contribution in [3.05, 3.63) is 67.6 Å². The quantitative estimate of drug-likeness (QED) is 0.573. The topological polar surface area (TPSA) is 75.5 Å². The van der Waals surface area contributed by atoms with Gasteiger partial charge in [0.25, 0.3) is 5.69 Å².